The molecule has 0 saturated carbocycles. The Labute approximate surface area is 208 Å². The maximum Gasteiger partial charge on any atom is 0.252 e. The molecule has 1 amide bonds. The topological polar surface area (TPSA) is 73.4 Å². The molecule has 0 aliphatic heterocycles. The van der Waals surface area contributed by atoms with Crippen LogP contribution >= 0.6 is 11.6 Å². The van der Waals surface area contributed by atoms with Gasteiger partial charge in [-0.15, -0.1) is 0 Å². The van der Waals surface area contributed by atoms with Gasteiger partial charge in [0.25, 0.3) is 5.91 Å². The summed E-state index contributed by atoms with van der Waals surface area (Å²) in [5.41, 5.74) is 4.20. The summed E-state index contributed by atoms with van der Waals surface area (Å²) in [7, 11) is 1.90. The Kier molecular flexibility index (Phi) is 6.25. The van der Waals surface area contributed by atoms with Gasteiger partial charge >= 0.3 is 0 Å². The number of aromatic nitrogens is 4. The lowest BCUT2D eigenvalue weighted by Gasteiger charge is -2.19. The van der Waals surface area contributed by atoms with E-state index in [9.17, 15) is 4.79 Å². The van der Waals surface area contributed by atoms with Crippen molar-refractivity contribution in [2.45, 2.75) is 19.6 Å². The fourth-order valence-electron chi connectivity index (χ4n) is 3.93. The van der Waals surface area contributed by atoms with Crippen LogP contribution < -0.4 is 10.1 Å². The number of benzene rings is 2. The number of nitrogens with one attached hydrogen (secondary N) is 1. The van der Waals surface area contributed by atoms with Gasteiger partial charge in [-0.25, -0.2) is 9.97 Å². The van der Waals surface area contributed by atoms with Crippen molar-refractivity contribution in [1.82, 2.24) is 24.3 Å². The van der Waals surface area contributed by atoms with E-state index in [0.717, 1.165) is 28.3 Å². The fourth-order valence-corrected chi connectivity index (χ4v) is 4.06. The monoisotopic (exact) mass is 485 g/mol. The number of aryl methyl sites for hydroxylation is 2. The lowest BCUT2D eigenvalue weighted by Crippen LogP contribution is -2.31. The van der Waals surface area contributed by atoms with E-state index < -0.39 is 6.04 Å². The molecule has 0 saturated heterocycles. The molecule has 1 N–H and O–H groups in total. The highest BCUT2D eigenvalue weighted by Gasteiger charge is 2.21. The van der Waals surface area contributed by atoms with Crippen LogP contribution in [0.15, 0.2) is 85.5 Å². The Bertz CT molecular complexity index is 1490. The molecule has 3 heterocycles. The van der Waals surface area contributed by atoms with E-state index in [1.807, 2.05) is 71.9 Å². The highest BCUT2D eigenvalue weighted by molar-refractivity contribution is 6.30. The normalized spacial score (nSPS) is 12.0. The Balaban J connectivity index is 1.33. The quantitative estimate of drug-likeness (QED) is 0.347. The number of hydrogen-bond donors (Lipinski definition) is 1. The van der Waals surface area contributed by atoms with Crippen molar-refractivity contribution in [3.05, 3.63) is 119 Å². The molecule has 5 rings (SSSR count). The van der Waals surface area contributed by atoms with E-state index in [2.05, 4.69) is 15.3 Å². The zero-order valence-corrected chi connectivity index (χ0v) is 20.1. The first-order valence-corrected chi connectivity index (χ1v) is 11.5. The summed E-state index contributed by atoms with van der Waals surface area (Å²) in [6.45, 7) is 2.34. The number of fused-ring (bicyclic) bond motifs is 1. The van der Waals surface area contributed by atoms with E-state index in [-0.39, 0.29) is 5.91 Å². The maximum absolute atomic E-state index is 13.2. The first-order valence-electron chi connectivity index (χ1n) is 11.2. The molecule has 0 spiro atoms. The van der Waals surface area contributed by atoms with E-state index in [1.54, 1.807) is 36.5 Å². The van der Waals surface area contributed by atoms with Crippen molar-refractivity contribution in [2.75, 3.05) is 0 Å². The van der Waals surface area contributed by atoms with Crippen LogP contribution in [0.3, 0.4) is 0 Å². The van der Waals surface area contributed by atoms with Crippen molar-refractivity contribution in [2.24, 2.45) is 7.05 Å². The first-order chi connectivity index (χ1) is 17.0. The molecule has 5 aromatic rings. The maximum atomic E-state index is 13.2. The number of amides is 1. The van der Waals surface area contributed by atoms with Crippen molar-refractivity contribution in [1.29, 1.82) is 0 Å². The van der Waals surface area contributed by atoms with Crippen LogP contribution in [0.5, 0.6) is 5.75 Å². The van der Waals surface area contributed by atoms with Gasteiger partial charge < -0.3 is 19.0 Å². The van der Waals surface area contributed by atoms with Crippen LogP contribution in [0.1, 0.15) is 39.0 Å². The molecule has 7 nitrogen and oxygen atoms in total. The second-order valence-electron chi connectivity index (χ2n) is 8.38. The number of imidazole rings is 2. The average molecular weight is 486 g/mol. The van der Waals surface area contributed by atoms with Crippen LogP contribution in [0.2, 0.25) is 5.02 Å². The highest BCUT2D eigenvalue weighted by Crippen LogP contribution is 2.24. The number of pyridine rings is 1. The second-order valence-corrected chi connectivity index (χ2v) is 8.81. The molecule has 0 bridgehead atoms. The smallest absolute Gasteiger partial charge is 0.252 e. The van der Waals surface area contributed by atoms with Gasteiger partial charge in [0.2, 0.25) is 0 Å². The van der Waals surface area contributed by atoms with Crippen molar-refractivity contribution in [3.8, 4) is 5.75 Å². The van der Waals surface area contributed by atoms with Crippen LogP contribution in [0, 0.1) is 6.92 Å². The number of halogens is 1. The molecule has 0 aliphatic carbocycles. The summed E-state index contributed by atoms with van der Waals surface area (Å²) in [6.07, 6.45) is 7.52. The molecule has 1 atom stereocenters. The Morgan fingerprint density at radius 1 is 1.11 bits per heavy atom. The van der Waals surface area contributed by atoms with Gasteiger partial charge in [-0.3, -0.25) is 4.79 Å². The average Bonchev–Trinajstić information content (AvgIpc) is 3.47. The minimum Gasteiger partial charge on any atom is -0.487 e. The van der Waals surface area contributed by atoms with Crippen molar-refractivity contribution in [3.63, 3.8) is 0 Å². The number of carbonyl (C=O) groups is 1. The summed E-state index contributed by atoms with van der Waals surface area (Å²) in [5.74, 6) is 1.07. The van der Waals surface area contributed by atoms with Gasteiger partial charge in [0.15, 0.2) is 0 Å². The van der Waals surface area contributed by atoms with E-state index in [0.29, 0.717) is 22.9 Å². The van der Waals surface area contributed by atoms with Crippen LogP contribution in [-0.2, 0) is 13.7 Å². The third-order valence-electron chi connectivity index (χ3n) is 5.73. The van der Waals surface area contributed by atoms with Crippen LogP contribution in [0.4, 0.5) is 0 Å². The zero-order valence-electron chi connectivity index (χ0n) is 19.4. The first kappa shape index (κ1) is 22.7. The number of hydrogen-bond acceptors (Lipinski definition) is 4. The van der Waals surface area contributed by atoms with Gasteiger partial charge in [0, 0.05) is 42.4 Å². The highest BCUT2D eigenvalue weighted by atomic mass is 35.5. The SMILES string of the molecule is Cc1ccc2nc(COc3cccc(C(=O)NC(c4ccc(Cl)cc4)c4nccn4C)c3)cn2c1. The fraction of sp³-hybridized carbons (Fsp3) is 0.148. The minimum atomic E-state index is -0.439. The van der Waals surface area contributed by atoms with E-state index in [4.69, 9.17) is 16.3 Å². The third-order valence-corrected chi connectivity index (χ3v) is 5.98. The zero-order chi connectivity index (χ0) is 24.4. The summed E-state index contributed by atoms with van der Waals surface area (Å²) in [5, 5.41) is 3.73. The third kappa shape index (κ3) is 5.05. The number of nitrogens with zero attached hydrogens (tertiary/aromatic N) is 4. The molecule has 0 fully saturated rings. The Hall–Kier alpha value is -4.10. The van der Waals surface area contributed by atoms with Gasteiger partial charge in [-0.2, -0.15) is 0 Å². The van der Waals surface area contributed by atoms with Crippen molar-refractivity contribution >= 4 is 23.2 Å². The number of carbonyl (C=O) groups excluding carboxylic acids is 1. The summed E-state index contributed by atoms with van der Waals surface area (Å²) < 4.78 is 9.81. The molecular weight excluding hydrogens is 462 g/mol. The van der Waals surface area contributed by atoms with E-state index >= 15 is 0 Å². The Morgan fingerprint density at radius 2 is 1.94 bits per heavy atom. The van der Waals surface area contributed by atoms with Crippen LogP contribution in [-0.4, -0.2) is 24.8 Å². The molecule has 8 heteroatoms. The van der Waals surface area contributed by atoms with Gasteiger partial charge in [0.1, 0.15) is 29.9 Å². The molecular formula is C27H24ClN5O2. The van der Waals surface area contributed by atoms with E-state index in [1.165, 1.54) is 0 Å². The molecule has 3 aromatic heterocycles. The van der Waals surface area contributed by atoms with Gasteiger partial charge in [0.05, 0.1) is 5.69 Å². The van der Waals surface area contributed by atoms with Gasteiger partial charge in [-0.05, 0) is 54.4 Å². The molecule has 0 aliphatic rings. The predicted octanol–water partition coefficient (Wildman–Crippen LogP) is 5.13. The molecule has 1 unspecified atom stereocenters. The predicted molar refractivity (Wildman–Crippen MR) is 135 cm³/mol. The Morgan fingerprint density at radius 3 is 2.71 bits per heavy atom. The lowest BCUT2D eigenvalue weighted by atomic mass is 10.1. The van der Waals surface area contributed by atoms with Gasteiger partial charge in [-0.1, -0.05) is 35.9 Å². The standard InChI is InChI=1S/C27H24ClN5O2/c1-18-6-11-24-30-22(16-33(24)15-18)17-35-23-5-3-4-20(14-23)27(34)31-25(26-29-12-13-32(26)2)19-7-9-21(28)10-8-19/h3-16,25H,17H2,1-2H3,(H,31,34). The number of ether oxygens (including phenoxy) is 1. The lowest BCUT2D eigenvalue weighted by molar-refractivity contribution is 0.0940. The largest absolute Gasteiger partial charge is 0.487 e. The molecule has 176 valence electrons. The second kappa shape index (κ2) is 9.64. The summed E-state index contributed by atoms with van der Waals surface area (Å²) >= 11 is 6.07. The molecule has 0 radical (unpaired) electrons. The molecule has 2 aromatic carbocycles. The van der Waals surface area contributed by atoms with Crippen molar-refractivity contribution < 1.29 is 9.53 Å². The summed E-state index contributed by atoms with van der Waals surface area (Å²) in [6, 6.07) is 18.0. The summed E-state index contributed by atoms with van der Waals surface area (Å²) in [4.78, 5) is 22.3. The molecule has 35 heavy (non-hydrogen) atoms. The number of rotatable bonds is 7. The minimum absolute atomic E-state index is 0.235. The van der Waals surface area contributed by atoms with Crippen LogP contribution in [0.25, 0.3) is 5.65 Å².